The summed E-state index contributed by atoms with van der Waals surface area (Å²) in [6.45, 7) is 0. The van der Waals surface area contributed by atoms with Crippen molar-refractivity contribution in [2.24, 2.45) is 0 Å². The topological polar surface area (TPSA) is 52.0 Å². The standard InChI is InChI=1S/C16H9FN2O2S/c1-22-9-3-5-13-11(7-9)14(20)15-18-12-6-8(17)2-4-10(12)16(21)19(13)15/h2-7H,1H3. The molecular formula is C16H9FN2O2S. The molecule has 22 heavy (non-hydrogen) atoms. The molecule has 0 unspecified atom stereocenters. The zero-order valence-corrected chi connectivity index (χ0v) is 12.3. The molecule has 2 aromatic carbocycles. The summed E-state index contributed by atoms with van der Waals surface area (Å²) in [7, 11) is 0. The van der Waals surface area contributed by atoms with Crippen LogP contribution in [0.4, 0.5) is 4.39 Å². The van der Waals surface area contributed by atoms with E-state index < -0.39 is 5.82 Å². The molecule has 0 atom stereocenters. The van der Waals surface area contributed by atoms with Crippen LogP contribution in [-0.2, 0) is 0 Å². The molecule has 0 bridgehead atoms. The Labute approximate surface area is 128 Å². The van der Waals surface area contributed by atoms with Gasteiger partial charge in [0.25, 0.3) is 5.56 Å². The molecule has 1 aromatic heterocycles. The van der Waals surface area contributed by atoms with E-state index >= 15 is 0 Å². The van der Waals surface area contributed by atoms with Gasteiger partial charge in [0.15, 0.2) is 5.82 Å². The maximum Gasteiger partial charge on any atom is 0.266 e. The van der Waals surface area contributed by atoms with Gasteiger partial charge in [0.2, 0.25) is 5.78 Å². The molecule has 0 N–H and O–H groups in total. The lowest BCUT2D eigenvalue weighted by Crippen LogP contribution is -2.21. The second-order valence-corrected chi connectivity index (χ2v) is 5.83. The van der Waals surface area contributed by atoms with Crippen LogP contribution in [0.1, 0.15) is 16.2 Å². The predicted octanol–water partition coefficient (Wildman–Crippen LogP) is 2.79. The fraction of sp³-hybridized carbons (Fsp3) is 0.0625. The molecule has 0 fully saturated rings. The quantitative estimate of drug-likeness (QED) is 0.507. The first-order valence-electron chi connectivity index (χ1n) is 6.55. The van der Waals surface area contributed by atoms with Crippen molar-refractivity contribution >= 4 is 28.4 Å². The number of halogens is 1. The normalized spacial score (nSPS) is 12.5. The van der Waals surface area contributed by atoms with Crippen LogP contribution in [0.15, 0.2) is 46.1 Å². The molecule has 6 heteroatoms. The first-order chi connectivity index (χ1) is 10.6. The highest BCUT2D eigenvalue weighted by Crippen LogP contribution is 2.29. The van der Waals surface area contributed by atoms with E-state index in [-0.39, 0.29) is 22.7 Å². The van der Waals surface area contributed by atoms with Crippen LogP contribution in [0.3, 0.4) is 0 Å². The van der Waals surface area contributed by atoms with Crippen molar-refractivity contribution in [1.82, 2.24) is 9.55 Å². The highest BCUT2D eigenvalue weighted by atomic mass is 32.2. The number of benzene rings is 2. The molecule has 0 saturated carbocycles. The van der Waals surface area contributed by atoms with E-state index in [4.69, 9.17) is 0 Å². The average molecular weight is 312 g/mol. The van der Waals surface area contributed by atoms with Gasteiger partial charge < -0.3 is 0 Å². The first-order valence-corrected chi connectivity index (χ1v) is 7.78. The molecule has 4 nitrogen and oxygen atoms in total. The molecule has 2 heterocycles. The molecule has 3 aromatic rings. The number of aromatic nitrogens is 2. The summed E-state index contributed by atoms with van der Waals surface area (Å²) < 4.78 is 14.6. The fourth-order valence-corrected chi connectivity index (χ4v) is 3.11. The third-order valence-corrected chi connectivity index (χ3v) is 4.45. The van der Waals surface area contributed by atoms with Crippen LogP contribution in [0.2, 0.25) is 0 Å². The van der Waals surface area contributed by atoms with Gasteiger partial charge in [0.05, 0.1) is 22.2 Å². The van der Waals surface area contributed by atoms with Gasteiger partial charge in [-0.1, -0.05) is 0 Å². The van der Waals surface area contributed by atoms with E-state index in [9.17, 15) is 14.0 Å². The summed E-state index contributed by atoms with van der Waals surface area (Å²) in [4.78, 5) is 30.3. The lowest BCUT2D eigenvalue weighted by atomic mass is 10.1. The van der Waals surface area contributed by atoms with E-state index in [2.05, 4.69) is 4.98 Å². The Bertz CT molecular complexity index is 1030. The van der Waals surface area contributed by atoms with Crippen molar-refractivity contribution in [3.05, 3.63) is 64.0 Å². The van der Waals surface area contributed by atoms with E-state index in [1.165, 1.54) is 34.5 Å². The predicted molar refractivity (Wildman–Crippen MR) is 82.5 cm³/mol. The first kappa shape index (κ1) is 13.2. The number of thioether (sulfide) groups is 1. The molecule has 0 saturated heterocycles. The summed E-state index contributed by atoms with van der Waals surface area (Å²) in [6, 6.07) is 9.13. The third kappa shape index (κ3) is 1.67. The number of hydrogen-bond acceptors (Lipinski definition) is 4. The van der Waals surface area contributed by atoms with Crippen molar-refractivity contribution in [1.29, 1.82) is 0 Å². The summed E-state index contributed by atoms with van der Waals surface area (Å²) in [6.07, 6.45) is 1.91. The molecule has 0 radical (unpaired) electrons. The molecule has 0 amide bonds. The molecule has 0 spiro atoms. The van der Waals surface area contributed by atoms with Gasteiger partial charge in [-0.15, -0.1) is 11.8 Å². The Kier molecular flexibility index (Phi) is 2.71. The van der Waals surface area contributed by atoms with Crippen molar-refractivity contribution in [3.63, 3.8) is 0 Å². The smallest absolute Gasteiger partial charge is 0.266 e. The summed E-state index contributed by atoms with van der Waals surface area (Å²) in [5.74, 6) is -0.762. The van der Waals surface area contributed by atoms with Crippen LogP contribution in [0.25, 0.3) is 16.6 Å². The lowest BCUT2D eigenvalue weighted by Gasteiger charge is -2.05. The number of carbonyl (C=O) groups excluding carboxylic acids is 1. The Hall–Kier alpha value is -2.47. The largest absolute Gasteiger partial charge is 0.285 e. The Morgan fingerprint density at radius 2 is 1.95 bits per heavy atom. The lowest BCUT2D eigenvalue weighted by molar-refractivity contribution is 0.103. The number of rotatable bonds is 1. The molecule has 1 aliphatic rings. The van der Waals surface area contributed by atoms with Crippen molar-refractivity contribution < 1.29 is 9.18 Å². The summed E-state index contributed by atoms with van der Waals surface area (Å²) in [5.41, 5.74) is 0.820. The van der Waals surface area contributed by atoms with E-state index in [1.54, 1.807) is 12.1 Å². The molecular weight excluding hydrogens is 303 g/mol. The number of hydrogen-bond donors (Lipinski definition) is 0. The van der Waals surface area contributed by atoms with Gasteiger partial charge in [-0.2, -0.15) is 0 Å². The molecule has 1 aliphatic heterocycles. The third-order valence-electron chi connectivity index (χ3n) is 3.72. The SMILES string of the molecule is CSc1ccc2c(c1)C(=O)c1nc3cc(F)ccc3c(=O)n1-2. The van der Waals surface area contributed by atoms with Crippen molar-refractivity contribution in [2.75, 3.05) is 6.26 Å². The number of ketones is 1. The maximum atomic E-state index is 13.3. The minimum atomic E-state index is -0.489. The molecule has 108 valence electrons. The van der Waals surface area contributed by atoms with Gasteiger partial charge in [0.1, 0.15) is 5.82 Å². The maximum absolute atomic E-state index is 13.3. The summed E-state index contributed by atoms with van der Waals surface area (Å²) >= 11 is 1.52. The minimum Gasteiger partial charge on any atom is -0.285 e. The Morgan fingerprint density at radius 1 is 1.14 bits per heavy atom. The van der Waals surface area contributed by atoms with Gasteiger partial charge in [-0.25, -0.2) is 9.37 Å². The van der Waals surface area contributed by atoms with Gasteiger partial charge in [-0.3, -0.25) is 14.2 Å². The van der Waals surface area contributed by atoms with Crippen LogP contribution in [-0.4, -0.2) is 21.6 Å². The zero-order valence-electron chi connectivity index (χ0n) is 11.5. The van der Waals surface area contributed by atoms with E-state index in [0.717, 1.165) is 4.90 Å². The molecule has 4 rings (SSSR count). The molecule has 0 aliphatic carbocycles. The summed E-state index contributed by atoms with van der Waals surface area (Å²) in [5, 5.41) is 0.291. The van der Waals surface area contributed by atoms with Gasteiger partial charge in [-0.05, 0) is 36.6 Å². The highest BCUT2D eigenvalue weighted by molar-refractivity contribution is 7.98. The van der Waals surface area contributed by atoms with Gasteiger partial charge in [0, 0.05) is 11.0 Å². The van der Waals surface area contributed by atoms with Crippen LogP contribution < -0.4 is 5.56 Å². The Morgan fingerprint density at radius 3 is 2.73 bits per heavy atom. The number of fused-ring (bicyclic) bond motifs is 4. The van der Waals surface area contributed by atoms with Crippen LogP contribution >= 0.6 is 11.8 Å². The van der Waals surface area contributed by atoms with E-state index in [1.807, 2.05) is 12.3 Å². The number of carbonyl (C=O) groups is 1. The van der Waals surface area contributed by atoms with E-state index in [0.29, 0.717) is 16.6 Å². The second-order valence-electron chi connectivity index (χ2n) is 4.95. The van der Waals surface area contributed by atoms with Crippen molar-refractivity contribution in [2.45, 2.75) is 4.90 Å². The highest BCUT2D eigenvalue weighted by Gasteiger charge is 2.30. The Balaban J connectivity index is 2.11. The van der Waals surface area contributed by atoms with Crippen LogP contribution in [0.5, 0.6) is 0 Å². The zero-order chi connectivity index (χ0) is 15.4. The van der Waals surface area contributed by atoms with Gasteiger partial charge >= 0.3 is 0 Å². The second kappa shape index (κ2) is 4.51. The van der Waals surface area contributed by atoms with Crippen LogP contribution in [0, 0.1) is 5.82 Å². The minimum absolute atomic E-state index is 0.0383. The monoisotopic (exact) mass is 312 g/mol. The average Bonchev–Trinajstić information content (AvgIpc) is 2.80. The fourth-order valence-electron chi connectivity index (χ4n) is 2.67. The van der Waals surface area contributed by atoms with Crippen molar-refractivity contribution in [3.8, 4) is 5.69 Å². The number of nitrogens with zero attached hydrogens (tertiary/aromatic N) is 2.